The molecule has 0 saturated carbocycles. The van der Waals surface area contributed by atoms with Crippen molar-refractivity contribution in [2.24, 2.45) is 0 Å². The fraction of sp³-hybridized carbons (Fsp3) is 0.154. The Kier molecular flexibility index (Phi) is 4.51. The van der Waals surface area contributed by atoms with Crippen LogP contribution in [-0.4, -0.2) is 9.91 Å². The topological polar surface area (TPSA) is 65.3 Å². The van der Waals surface area contributed by atoms with Gasteiger partial charge in [0.15, 0.2) is 0 Å². The molecule has 5 nitrogen and oxygen atoms in total. The van der Waals surface area contributed by atoms with Gasteiger partial charge in [0.2, 0.25) is 0 Å². The third kappa shape index (κ3) is 3.85. The molecule has 0 aliphatic carbocycles. The molecule has 0 N–H and O–H groups in total. The number of hydrogen-bond donors (Lipinski definition) is 0. The van der Waals surface area contributed by atoms with Gasteiger partial charge in [-0.05, 0) is 12.1 Å². The predicted molar refractivity (Wildman–Crippen MR) is 71.7 cm³/mol. The number of benzene rings is 1. The molecule has 0 amide bonds. The molecule has 116 valence electrons. The molecule has 0 bridgehead atoms. The summed E-state index contributed by atoms with van der Waals surface area (Å²) in [6, 6.07) is 5.33. The number of nitro benzene ring substituents is 1. The Morgan fingerprint density at radius 3 is 2.55 bits per heavy atom. The summed E-state index contributed by atoms with van der Waals surface area (Å²) in [4.78, 5) is 13.5. The van der Waals surface area contributed by atoms with Gasteiger partial charge in [0.1, 0.15) is 23.1 Å². The standard InChI is InChI=1S/C13H8ClF3N2O3/c14-12-4-1-8(6-18-12)7-22-11-3-2-9(19(20)21)5-10(11)13(15,16)17/h1-6H,7H2. The molecule has 0 aliphatic rings. The van der Waals surface area contributed by atoms with Crippen LogP contribution in [0.1, 0.15) is 11.1 Å². The average molecular weight is 333 g/mol. The Hall–Kier alpha value is -2.35. The second kappa shape index (κ2) is 6.18. The zero-order chi connectivity index (χ0) is 16.3. The zero-order valence-corrected chi connectivity index (χ0v) is 11.6. The number of non-ortho nitro benzene ring substituents is 1. The second-order valence-electron chi connectivity index (χ2n) is 4.21. The Labute approximate surface area is 127 Å². The first kappa shape index (κ1) is 16.0. The van der Waals surface area contributed by atoms with Crippen molar-refractivity contribution in [1.82, 2.24) is 4.98 Å². The number of aromatic nitrogens is 1. The van der Waals surface area contributed by atoms with Gasteiger partial charge in [-0.2, -0.15) is 13.2 Å². The molecule has 1 heterocycles. The molecule has 2 aromatic rings. The van der Waals surface area contributed by atoms with E-state index in [-0.39, 0.29) is 11.8 Å². The van der Waals surface area contributed by atoms with Crippen molar-refractivity contribution >= 4 is 17.3 Å². The molecule has 1 aromatic carbocycles. The van der Waals surface area contributed by atoms with E-state index in [1.54, 1.807) is 6.07 Å². The summed E-state index contributed by atoms with van der Waals surface area (Å²) < 4.78 is 43.9. The second-order valence-corrected chi connectivity index (χ2v) is 4.60. The molecule has 0 saturated heterocycles. The van der Waals surface area contributed by atoms with Gasteiger partial charge in [-0.25, -0.2) is 4.98 Å². The highest BCUT2D eigenvalue weighted by molar-refractivity contribution is 6.29. The highest BCUT2D eigenvalue weighted by Gasteiger charge is 2.36. The summed E-state index contributed by atoms with van der Waals surface area (Å²) in [6.07, 6.45) is -3.40. The van der Waals surface area contributed by atoms with Crippen molar-refractivity contribution in [3.8, 4) is 5.75 Å². The van der Waals surface area contributed by atoms with Gasteiger partial charge in [0, 0.05) is 23.9 Å². The quantitative estimate of drug-likeness (QED) is 0.477. The van der Waals surface area contributed by atoms with E-state index in [2.05, 4.69) is 4.98 Å². The number of nitrogens with zero attached hydrogens (tertiary/aromatic N) is 2. The maximum atomic E-state index is 12.9. The molecule has 22 heavy (non-hydrogen) atoms. The number of alkyl halides is 3. The Morgan fingerprint density at radius 1 is 1.27 bits per heavy atom. The SMILES string of the molecule is O=[N+]([O-])c1ccc(OCc2ccc(Cl)nc2)c(C(F)(F)F)c1. The first-order chi connectivity index (χ1) is 10.3. The highest BCUT2D eigenvalue weighted by Crippen LogP contribution is 2.38. The molecule has 1 aromatic heterocycles. The molecule has 0 unspecified atom stereocenters. The van der Waals surface area contributed by atoms with E-state index < -0.39 is 28.1 Å². The Morgan fingerprint density at radius 2 is 2.00 bits per heavy atom. The van der Waals surface area contributed by atoms with Crippen LogP contribution < -0.4 is 4.74 Å². The fourth-order valence-corrected chi connectivity index (χ4v) is 1.74. The molecule has 0 spiro atoms. The largest absolute Gasteiger partial charge is 0.488 e. The van der Waals surface area contributed by atoms with Crippen molar-refractivity contribution in [1.29, 1.82) is 0 Å². The highest BCUT2D eigenvalue weighted by atomic mass is 35.5. The minimum Gasteiger partial charge on any atom is -0.488 e. The van der Waals surface area contributed by atoms with Crippen LogP contribution in [0.25, 0.3) is 0 Å². The minimum atomic E-state index is -4.76. The van der Waals surface area contributed by atoms with Crippen molar-refractivity contribution in [3.05, 3.63) is 62.9 Å². The first-order valence-corrected chi connectivity index (χ1v) is 6.24. The van der Waals surface area contributed by atoms with Gasteiger partial charge in [-0.15, -0.1) is 0 Å². The van der Waals surface area contributed by atoms with Gasteiger partial charge in [0.05, 0.1) is 4.92 Å². The van der Waals surface area contributed by atoms with E-state index in [0.717, 1.165) is 12.1 Å². The van der Waals surface area contributed by atoms with E-state index in [4.69, 9.17) is 16.3 Å². The number of hydrogen-bond acceptors (Lipinski definition) is 4. The van der Waals surface area contributed by atoms with Gasteiger partial charge >= 0.3 is 6.18 Å². The molecular formula is C13H8ClF3N2O3. The van der Waals surface area contributed by atoms with E-state index in [9.17, 15) is 23.3 Å². The first-order valence-electron chi connectivity index (χ1n) is 5.86. The van der Waals surface area contributed by atoms with Crippen molar-refractivity contribution in [3.63, 3.8) is 0 Å². The number of nitro groups is 1. The van der Waals surface area contributed by atoms with Crippen LogP contribution in [0.15, 0.2) is 36.5 Å². The van der Waals surface area contributed by atoms with Gasteiger partial charge in [0.25, 0.3) is 5.69 Å². The number of pyridine rings is 1. The summed E-state index contributed by atoms with van der Waals surface area (Å²) in [6.45, 7) is -0.176. The fourth-order valence-electron chi connectivity index (χ4n) is 1.63. The van der Waals surface area contributed by atoms with Crippen LogP contribution in [0, 0.1) is 10.1 Å². The van der Waals surface area contributed by atoms with Crippen molar-refractivity contribution in [2.45, 2.75) is 12.8 Å². The molecule has 0 atom stereocenters. The number of ether oxygens (including phenoxy) is 1. The normalized spacial score (nSPS) is 11.3. The molecular weight excluding hydrogens is 325 g/mol. The average Bonchev–Trinajstić information content (AvgIpc) is 2.45. The summed E-state index contributed by atoms with van der Waals surface area (Å²) in [5.74, 6) is -0.493. The zero-order valence-electron chi connectivity index (χ0n) is 10.8. The predicted octanol–water partition coefficient (Wildman–Crippen LogP) is 4.24. The summed E-state index contributed by atoms with van der Waals surface area (Å²) in [7, 11) is 0. The Bertz CT molecular complexity index is 690. The Balaban J connectivity index is 2.26. The van der Waals surface area contributed by atoms with Crippen LogP contribution in [0.5, 0.6) is 5.75 Å². The van der Waals surface area contributed by atoms with E-state index >= 15 is 0 Å². The summed E-state index contributed by atoms with van der Waals surface area (Å²) in [5.41, 5.74) is -1.35. The lowest BCUT2D eigenvalue weighted by molar-refractivity contribution is -0.385. The monoisotopic (exact) mass is 332 g/mol. The molecule has 9 heteroatoms. The number of rotatable bonds is 4. The third-order valence-corrected chi connectivity index (χ3v) is 2.89. The maximum Gasteiger partial charge on any atom is 0.420 e. The van der Waals surface area contributed by atoms with Crippen molar-refractivity contribution in [2.75, 3.05) is 0 Å². The lowest BCUT2D eigenvalue weighted by Gasteiger charge is -2.13. The van der Waals surface area contributed by atoms with Crippen LogP contribution in [-0.2, 0) is 12.8 Å². The molecule has 0 fully saturated rings. The maximum absolute atomic E-state index is 12.9. The smallest absolute Gasteiger partial charge is 0.420 e. The molecule has 2 rings (SSSR count). The molecule has 0 aliphatic heterocycles. The van der Waals surface area contributed by atoms with Crippen LogP contribution in [0.4, 0.5) is 18.9 Å². The summed E-state index contributed by atoms with van der Waals surface area (Å²) >= 11 is 5.60. The van der Waals surface area contributed by atoms with E-state index in [0.29, 0.717) is 11.6 Å². The van der Waals surface area contributed by atoms with E-state index in [1.165, 1.54) is 12.3 Å². The lowest BCUT2D eigenvalue weighted by atomic mass is 10.1. The summed E-state index contributed by atoms with van der Waals surface area (Å²) in [5, 5.41) is 10.8. The van der Waals surface area contributed by atoms with Crippen LogP contribution >= 0.6 is 11.6 Å². The van der Waals surface area contributed by atoms with E-state index in [1.807, 2.05) is 0 Å². The lowest BCUT2D eigenvalue weighted by Crippen LogP contribution is -2.09. The van der Waals surface area contributed by atoms with Gasteiger partial charge < -0.3 is 4.74 Å². The minimum absolute atomic E-state index is 0.176. The van der Waals surface area contributed by atoms with Gasteiger partial charge in [-0.3, -0.25) is 10.1 Å². The van der Waals surface area contributed by atoms with Crippen molar-refractivity contribution < 1.29 is 22.8 Å². The van der Waals surface area contributed by atoms with Crippen LogP contribution in [0.3, 0.4) is 0 Å². The van der Waals surface area contributed by atoms with Gasteiger partial charge in [-0.1, -0.05) is 17.7 Å². The van der Waals surface area contributed by atoms with Crippen LogP contribution in [0.2, 0.25) is 5.15 Å². The third-order valence-electron chi connectivity index (χ3n) is 2.66. The number of halogens is 4. The molecule has 0 radical (unpaired) electrons.